The maximum Gasteiger partial charge on any atom is 0.328 e. The van der Waals surface area contributed by atoms with Crippen LogP contribution in [0.2, 0.25) is 0 Å². The molecule has 1 N–H and O–H groups in total. The third-order valence-electron chi connectivity index (χ3n) is 2.11. The third kappa shape index (κ3) is 3.68. The first-order valence-corrected chi connectivity index (χ1v) is 4.93. The number of aliphatic carboxylic acids is 1. The molecule has 1 aromatic heterocycles. The lowest BCUT2D eigenvalue weighted by Crippen LogP contribution is -2.06. The van der Waals surface area contributed by atoms with E-state index in [1.807, 2.05) is 6.92 Å². The van der Waals surface area contributed by atoms with Crippen LogP contribution in [-0.2, 0) is 9.59 Å². The molecule has 0 radical (unpaired) electrons. The Morgan fingerprint density at radius 3 is 2.88 bits per heavy atom. The molecule has 0 aromatic carbocycles. The van der Waals surface area contributed by atoms with Gasteiger partial charge in [-0.2, -0.15) is 0 Å². The van der Waals surface area contributed by atoms with Gasteiger partial charge in [0.1, 0.15) is 5.78 Å². The molecule has 0 amide bonds. The number of nitrogens with zero attached hydrogens (tertiary/aromatic N) is 2. The molecule has 0 aliphatic heterocycles. The Kier molecular flexibility index (Phi) is 3.99. The van der Waals surface area contributed by atoms with Gasteiger partial charge >= 0.3 is 5.97 Å². The van der Waals surface area contributed by atoms with Crippen molar-refractivity contribution in [2.45, 2.75) is 26.3 Å². The molecule has 0 saturated carbocycles. The van der Waals surface area contributed by atoms with Crippen LogP contribution in [0.5, 0.6) is 0 Å². The molecule has 16 heavy (non-hydrogen) atoms. The Morgan fingerprint density at radius 2 is 2.31 bits per heavy atom. The van der Waals surface area contributed by atoms with Crippen molar-refractivity contribution in [3.63, 3.8) is 0 Å². The zero-order chi connectivity index (χ0) is 12.1. The smallest absolute Gasteiger partial charge is 0.328 e. The maximum absolute atomic E-state index is 10.9. The Balaban J connectivity index is 2.71. The molecule has 0 bridgehead atoms. The summed E-state index contributed by atoms with van der Waals surface area (Å²) in [4.78, 5) is 25.2. The summed E-state index contributed by atoms with van der Waals surface area (Å²) in [5.41, 5.74) is 0.567. The molecule has 0 saturated heterocycles. The van der Waals surface area contributed by atoms with Gasteiger partial charge in [0, 0.05) is 24.7 Å². The highest BCUT2D eigenvalue weighted by Crippen LogP contribution is 2.12. The molecular formula is C11H14N2O3. The van der Waals surface area contributed by atoms with E-state index in [0.29, 0.717) is 12.1 Å². The fraction of sp³-hybridized carbons (Fsp3) is 0.364. The number of Topliss-reactive ketones (excluding diaryl/α,β-unsaturated/α-hetero) is 1. The van der Waals surface area contributed by atoms with Crippen molar-refractivity contribution in [2.24, 2.45) is 0 Å². The van der Waals surface area contributed by atoms with E-state index in [4.69, 9.17) is 5.11 Å². The molecule has 1 atom stereocenters. The van der Waals surface area contributed by atoms with Crippen LogP contribution in [0.25, 0.3) is 6.08 Å². The minimum atomic E-state index is -1.01. The summed E-state index contributed by atoms with van der Waals surface area (Å²) >= 11 is 0. The molecule has 0 fully saturated rings. The second-order valence-corrected chi connectivity index (χ2v) is 3.67. The van der Waals surface area contributed by atoms with E-state index in [9.17, 15) is 9.59 Å². The first-order chi connectivity index (χ1) is 7.49. The van der Waals surface area contributed by atoms with Crippen molar-refractivity contribution in [1.82, 2.24) is 9.55 Å². The number of hydrogen-bond donors (Lipinski definition) is 1. The molecule has 1 unspecified atom stereocenters. The lowest BCUT2D eigenvalue weighted by Gasteiger charge is -2.09. The molecule has 86 valence electrons. The monoisotopic (exact) mass is 222 g/mol. The summed E-state index contributed by atoms with van der Waals surface area (Å²) in [6.45, 7) is 3.45. The number of carbonyl (C=O) groups is 2. The average molecular weight is 222 g/mol. The van der Waals surface area contributed by atoms with Gasteiger partial charge in [-0.25, -0.2) is 9.78 Å². The van der Waals surface area contributed by atoms with E-state index < -0.39 is 5.97 Å². The van der Waals surface area contributed by atoms with Crippen LogP contribution in [0.3, 0.4) is 0 Å². The number of rotatable bonds is 5. The highest BCUT2D eigenvalue weighted by atomic mass is 16.4. The fourth-order valence-corrected chi connectivity index (χ4v) is 1.36. The standard InChI is InChI=1S/C11H14N2O3/c1-8(5-9(2)14)13-6-10(12-7-13)3-4-11(15)16/h3-4,6-8H,5H2,1-2H3,(H,15,16)/b4-3+. The number of carboxylic acid groups (broad SMARTS) is 1. The predicted octanol–water partition coefficient (Wildman–Crippen LogP) is 1.52. The molecule has 0 aliphatic rings. The van der Waals surface area contributed by atoms with Crippen molar-refractivity contribution in [3.8, 4) is 0 Å². The van der Waals surface area contributed by atoms with Gasteiger partial charge in [0.2, 0.25) is 0 Å². The minimum Gasteiger partial charge on any atom is -0.478 e. The lowest BCUT2D eigenvalue weighted by molar-refractivity contribution is -0.131. The van der Waals surface area contributed by atoms with E-state index in [-0.39, 0.29) is 11.8 Å². The van der Waals surface area contributed by atoms with Crippen LogP contribution >= 0.6 is 0 Å². The minimum absolute atomic E-state index is 0.0389. The topological polar surface area (TPSA) is 72.2 Å². The summed E-state index contributed by atoms with van der Waals surface area (Å²) in [6, 6.07) is 0.0389. The Hall–Kier alpha value is -1.91. The highest BCUT2D eigenvalue weighted by molar-refractivity contribution is 5.84. The van der Waals surface area contributed by atoms with Crippen LogP contribution in [0.15, 0.2) is 18.6 Å². The van der Waals surface area contributed by atoms with Crippen LogP contribution < -0.4 is 0 Å². The zero-order valence-corrected chi connectivity index (χ0v) is 9.25. The molecule has 1 aromatic rings. The summed E-state index contributed by atoms with van der Waals surface area (Å²) in [6.07, 6.45) is 6.20. The summed E-state index contributed by atoms with van der Waals surface area (Å²) < 4.78 is 1.79. The van der Waals surface area contributed by atoms with Crippen LogP contribution in [0.1, 0.15) is 32.0 Å². The first kappa shape index (κ1) is 12.2. The summed E-state index contributed by atoms with van der Waals surface area (Å²) in [5, 5.41) is 8.44. The van der Waals surface area contributed by atoms with Crippen LogP contribution in [-0.4, -0.2) is 26.4 Å². The van der Waals surface area contributed by atoms with Crippen molar-refractivity contribution < 1.29 is 14.7 Å². The molecule has 5 heteroatoms. The largest absolute Gasteiger partial charge is 0.478 e. The predicted molar refractivity (Wildman–Crippen MR) is 58.9 cm³/mol. The second-order valence-electron chi connectivity index (χ2n) is 3.67. The van der Waals surface area contributed by atoms with Crippen LogP contribution in [0, 0.1) is 0 Å². The van der Waals surface area contributed by atoms with Crippen molar-refractivity contribution >= 4 is 17.8 Å². The number of carboxylic acids is 1. The summed E-state index contributed by atoms with van der Waals surface area (Å²) in [5.74, 6) is -0.893. The van der Waals surface area contributed by atoms with Gasteiger partial charge in [0.15, 0.2) is 0 Å². The van der Waals surface area contributed by atoms with Crippen molar-refractivity contribution in [3.05, 3.63) is 24.3 Å². The number of hydrogen-bond acceptors (Lipinski definition) is 3. The SMILES string of the molecule is CC(=O)CC(C)n1cnc(/C=C/C(=O)O)c1. The first-order valence-electron chi connectivity index (χ1n) is 4.93. The molecular weight excluding hydrogens is 208 g/mol. The van der Waals surface area contributed by atoms with Crippen molar-refractivity contribution in [1.29, 1.82) is 0 Å². The molecule has 1 rings (SSSR count). The molecule has 0 aliphatic carbocycles. The van der Waals surface area contributed by atoms with Gasteiger partial charge in [-0.3, -0.25) is 4.79 Å². The third-order valence-corrected chi connectivity index (χ3v) is 2.11. The number of carbonyl (C=O) groups excluding carboxylic acids is 1. The van der Waals surface area contributed by atoms with Gasteiger partial charge in [-0.1, -0.05) is 0 Å². The normalized spacial score (nSPS) is 12.9. The quantitative estimate of drug-likeness (QED) is 0.766. The van der Waals surface area contributed by atoms with Gasteiger partial charge in [-0.05, 0) is 19.9 Å². The molecule has 0 spiro atoms. The van der Waals surface area contributed by atoms with Crippen molar-refractivity contribution in [2.75, 3.05) is 0 Å². The Morgan fingerprint density at radius 1 is 1.62 bits per heavy atom. The summed E-state index contributed by atoms with van der Waals surface area (Å²) in [7, 11) is 0. The fourth-order valence-electron chi connectivity index (χ4n) is 1.36. The number of aromatic nitrogens is 2. The van der Waals surface area contributed by atoms with E-state index in [2.05, 4.69) is 4.98 Å². The van der Waals surface area contributed by atoms with E-state index in [1.165, 1.54) is 6.08 Å². The second kappa shape index (κ2) is 5.25. The lowest BCUT2D eigenvalue weighted by atomic mass is 10.2. The average Bonchev–Trinajstić information content (AvgIpc) is 2.61. The van der Waals surface area contributed by atoms with E-state index >= 15 is 0 Å². The van der Waals surface area contributed by atoms with Crippen LogP contribution in [0.4, 0.5) is 0 Å². The van der Waals surface area contributed by atoms with E-state index in [1.54, 1.807) is 24.0 Å². The van der Waals surface area contributed by atoms with Gasteiger partial charge in [0.25, 0.3) is 0 Å². The number of ketones is 1. The molecule has 5 nitrogen and oxygen atoms in total. The molecule has 1 heterocycles. The van der Waals surface area contributed by atoms with Gasteiger partial charge < -0.3 is 9.67 Å². The Labute approximate surface area is 93.4 Å². The maximum atomic E-state index is 10.9. The van der Waals surface area contributed by atoms with E-state index in [0.717, 1.165) is 6.08 Å². The van der Waals surface area contributed by atoms with Gasteiger partial charge in [-0.15, -0.1) is 0 Å². The number of imidazole rings is 1. The Bertz CT molecular complexity index is 421. The van der Waals surface area contributed by atoms with Gasteiger partial charge in [0.05, 0.1) is 12.0 Å². The zero-order valence-electron chi connectivity index (χ0n) is 9.25. The highest BCUT2D eigenvalue weighted by Gasteiger charge is 2.07.